The van der Waals surface area contributed by atoms with E-state index in [1.165, 1.54) is 0 Å². The Morgan fingerprint density at radius 2 is 1.49 bits per heavy atom. The Bertz CT molecular complexity index is 1390. The molecule has 1 aliphatic heterocycles. The number of pyridine rings is 1. The van der Waals surface area contributed by atoms with Crippen LogP contribution in [0.25, 0.3) is 11.3 Å². The van der Waals surface area contributed by atoms with Crippen LogP contribution >= 0.6 is 0 Å². The molecule has 0 saturated carbocycles. The number of rotatable bonds is 10. The van der Waals surface area contributed by atoms with Crippen molar-refractivity contribution in [1.82, 2.24) is 25.2 Å². The minimum absolute atomic E-state index is 0.119. The maximum absolute atomic E-state index is 15.2. The third-order valence-corrected chi connectivity index (χ3v) is 7.53. The molecule has 1 aliphatic rings. The Kier molecular flexibility index (Phi) is 9.06. The molecule has 0 spiro atoms. The van der Waals surface area contributed by atoms with Crippen molar-refractivity contribution in [2.45, 2.75) is 33.0 Å². The van der Waals surface area contributed by atoms with Crippen LogP contribution in [0.3, 0.4) is 0 Å². The lowest BCUT2D eigenvalue weighted by molar-refractivity contribution is 0.185. The molecule has 0 unspecified atom stereocenters. The molecule has 1 saturated heterocycles. The fourth-order valence-electron chi connectivity index (χ4n) is 5.13. The summed E-state index contributed by atoms with van der Waals surface area (Å²) < 4.78 is 25.9. The molecule has 41 heavy (non-hydrogen) atoms. The summed E-state index contributed by atoms with van der Waals surface area (Å²) in [6.07, 6.45) is 1.64. The highest BCUT2D eigenvalue weighted by Crippen LogP contribution is 2.30. The summed E-state index contributed by atoms with van der Waals surface area (Å²) >= 11 is 0. The number of nitrogens with zero attached hydrogens (tertiary/aromatic N) is 5. The summed E-state index contributed by atoms with van der Waals surface area (Å²) in [7, 11) is 3.31. The number of hydrogen-bond acceptors (Lipinski definition) is 8. The lowest BCUT2D eigenvalue weighted by Gasteiger charge is -2.33. The molecule has 5 rings (SSSR count). The predicted molar refractivity (Wildman–Crippen MR) is 159 cm³/mol. The van der Waals surface area contributed by atoms with Crippen LogP contribution < -0.4 is 19.7 Å². The molecule has 1 fully saturated rings. The average Bonchev–Trinajstić information content (AvgIpc) is 3.01. The summed E-state index contributed by atoms with van der Waals surface area (Å²) in [6, 6.07) is 19.8. The van der Waals surface area contributed by atoms with Crippen molar-refractivity contribution in [2.75, 3.05) is 45.3 Å². The van der Waals surface area contributed by atoms with E-state index < -0.39 is 5.95 Å². The van der Waals surface area contributed by atoms with Crippen LogP contribution in [0.4, 0.5) is 10.2 Å². The monoisotopic (exact) mass is 556 g/mol. The third-order valence-electron chi connectivity index (χ3n) is 7.53. The van der Waals surface area contributed by atoms with Gasteiger partial charge in [-0.2, -0.15) is 4.39 Å². The van der Waals surface area contributed by atoms with Gasteiger partial charge in [-0.15, -0.1) is 0 Å². The average molecular weight is 557 g/mol. The number of benzene rings is 2. The molecule has 214 valence electrons. The highest BCUT2D eigenvalue weighted by Gasteiger charge is 2.21. The first kappa shape index (κ1) is 28.4. The molecule has 0 aliphatic carbocycles. The Hall–Kier alpha value is -4.08. The van der Waals surface area contributed by atoms with E-state index in [0.717, 1.165) is 54.4 Å². The zero-order valence-electron chi connectivity index (χ0n) is 24.1. The lowest BCUT2D eigenvalue weighted by atomic mass is 10.0. The molecule has 0 radical (unpaired) electrons. The van der Waals surface area contributed by atoms with E-state index in [2.05, 4.69) is 32.0 Å². The van der Waals surface area contributed by atoms with Crippen LogP contribution in [0, 0.1) is 12.9 Å². The number of aromatic nitrogens is 3. The van der Waals surface area contributed by atoms with Crippen LogP contribution in [0.15, 0.2) is 66.9 Å². The van der Waals surface area contributed by atoms with Crippen LogP contribution in [-0.4, -0.2) is 60.3 Å². The second-order valence-corrected chi connectivity index (χ2v) is 10.3. The normalized spacial score (nSPS) is 14.5. The van der Waals surface area contributed by atoms with E-state index in [1.54, 1.807) is 20.4 Å². The van der Waals surface area contributed by atoms with Crippen LogP contribution in [0.2, 0.25) is 0 Å². The fraction of sp³-hybridized carbons (Fsp3) is 0.344. The zero-order valence-corrected chi connectivity index (χ0v) is 24.1. The molecule has 8 nitrogen and oxygen atoms in total. The van der Waals surface area contributed by atoms with Gasteiger partial charge in [-0.1, -0.05) is 24.3 Å². The topological polar surface area (TPSA) is 75.6 Å². The molecule has 1 N–H and O–H groups in total. The van der Waals surface area contributed by atoms with Gasteiger partial charge in [0, 0.05) is 57.6 Å². The number of nitrogens with one attached hydrogen (secondary N) is 1. The van der Waals surface area contributed by atoms with Crippen LogP contribution in [-0.2, 0) is 13.1 Å². The number of anilines is 1. The molecule has 9 heteroatoms. The third kappa shape index (κ3) is 6.99. The number of hydrogen-bond donors (Lipinski definition) is 1. The molecule has 0 amide bonds. The van der Waals surface area contributed by atoms with Gasteiger partial charge in [-0.05, 0) is 60.9 Å². The minimum Gasteiger partial charge on any atom is -0.497 e. The molecule has 4 aromatic rings. The molecule has 2 aromatic heterocycles. The molecular formula is C32H37FN6O2. The van der Waals surface area contributed by atoms with Gasteiger partial charge in [0.2, 0.25) is 5.95 Å². The van der Waals surface area contributed by atoms with Crippen molar-refractivity contribution in [1.29, 1.82) is 0 Å². The van der Waals surface area contributed by atoms with Crippen molar-refractivity contribution < 1.29 is 13.9 Å². The Morgan fingerprint density at radius 3 is 2.05 bits per heavy atom. The van der Waals surface area contributed by atoms with E-state index in [0.29, 0.717) is 36.0 Å². The van der Waals surface area contributed by atoms with Crippen molar-refractivity contribution in [3.63, 3.8) is 0 Å². The predicted octanol–water partition coefficient (Wildman–Crippen LogP) is 5.18. The number of piperazine rings is 1. The SMILES string of the molecule is COc1ccc(CN(Cc2ccc(OC)cc2)c2cc(-c3cc([C@@H](C)N4CCNCC4)cnc3F)nc(C)n2)cc1. The summed E-state index contributed by atoms with van der Waals surface area (Å²) in [5.74, 6) is 2.33. The number of ether oxygens (including phenoxy) is 2. The summed E-state index contributed by atoms with van der Waals surface area (Å²) in [6.45, 7) is 8.93. The van der Waals surface area contributed by atoms with Crippen molar-refractivity contribution in [2.24, 2.45) is 0 Å². The first-order valence-electron chi connectivity index (χ1n) is 13.9. The quantitative estimate of drug-likeness (QED) is 0.268. The van der Waals surface area contributed by atoms with Gasteiger partial charge in [0.1, 0.15) is 23.1 Å². The summed E-state index contributed by atoms with van der Waals surface area (Å²) in [4.78, 5) is 18.1. The van der Waals surface area contributed by atoms with Gasteiger partial charge in [0.05, 0.1) is 25.5 Å². The first-order chi connectivity index (χ1) is 19.9. The number of aryl methyl sites for hydroxylation is 1. The van der Waals surface area contributed by atoms with Crippen LogP contribution in [0.1, 0.15) is 35.5 Å². The van der Waals surface area contributed by atoms with E-state index >= 15 is 4.39 Å². The summed E-state index contributed by atoms with van der Waals surface area (Å²) in [5, 5.41) is 3.39. The molecule has 3 heterocycles. The maximum Gasteiger partial charge on any atom is 0.222 e. The van der Waals surface area contributed by atoms with Gasteiger partial charge >= 0.3 is 0 Å². The molecule has 2 aromatic carbocycles. The van der Waals surface area contributed by atoms with E-state index in [4.69, 9.17) is 14.5 Å². The van der Waals surface area contributed by atoms with E-state index in [-0.39, 0.29) is 6.04 Å². The van der Waals surface area contributed by atoms with Gasteiger partial charge < -0.3 is 19.7 Å². The lowest BCUT2D eigenvalue weighted by Crippen LogP contribution is -2.44. The largest absolute Gasteiger partial charge is 0.497 e. The van der Waals surface area contributed by atoms with Gasteiger partial charge in [-0.25, -0.2) is 15.0 Å². The second-order valence-electron chi connectivity index (χ2n) is 10.3. The van der Waals surface area contributed by atoms with Gasteiger partial charge in [0.25, 0.3) is 0 Å². The minimum atomic E-state index is -0.540. The first-order valence-corrected chi connectivity index (χ1v) is 13.9. The summed E-state index contributed by atoms with van der Waals surface area (Å²) in [5.41, 5.74) is 4.05. The maximum atomic E-state index is 15.2. The fourth-order valence-corrected chi connectivity index (χ4v) is 5.13. The van der Waals surface area contributed by atoms with Gasteiger partial charge in [0.15, 0.2) is 0 Å². The van der Waals surface area contributed by atoms with Crippen molar-refractivity contribution in [3.05, 3.63) is 95.3 Å². The molecular weight excluding hydrogens is 519 g/mol. The number of halogens is 1. The zero-order chi connectivity index (χ0) is 28.8. The second kappa shape index (κ2) is 13.1. The highest BCUT2D eigenvalue weighted by molar-refractivity contribution is 5.64. The standard InChI is InChI=1S/C32H37FN6O2/c1-22(38-15-13-34-14-16-38)26-17-29(32(33)35-19-26)30-18-31(37-23(2)36-30)39(20-24-5-9-27(40-3)10-6-24)21-25-7-11-28(41-4)12-8-25/h5-12,17-19,22,34H,13-16,20-21H2,1-4H3/t22-/m1/s1. The van der Waals surface area contributed by atoms with E-state index in [1.807, 2.05) is 67.6 Å². The molecule has 1 atom stereocenters. The Balaban J connectivity index is 1.49. The Morgan fingerprint density at radius 1 is 0.902 bits per heavy atom. The van der Waals surface area contributed by atoms with Crippen molar-refractivity contribution >= 4 is 5.82 Å². The van der Waals surface area contributed by atoms with Gasteiger partial charge in [-0.3, -0.25) is 4.90 Å². The Labute approximate surface area is 241 Å². The van der Waals surface area contributed by atoms with Crippen molar-refractivity contribution in [3.8, 4) is 22.8 Å². The highest BCUT2D eigenvalue weighted by atomic mass is 19.1. The smallest absolute Gasteiger partial charge is 0.222 e. The van der Waals surface area contributed by atoms with E-state index in [9.17, 15) is 0 Å². The number of methoxy groups -OCH3 is 2. The molecule has 0 bridgehead atoms. The van der Waals surface area contributed by atoms with Crippen LogP contribution in [0.5, 0.6) is 11.5 Å².